The fourth-order valence-corrected chi connectivity index (χ4v) is 3.37. The lowest BCUT2D eigenvalue weighted by molar-refractivity contribution is 0.0531. The molecule has 0 saturated carbocycles. The van der Waals surface area contributed by atoms with Gasteiger partial charge in [0.25, 0.3) is 5.91 Å². The van der Waals surface area contributed by atoms with Gasteiger partial charge in [-0.2, -0.15) is 0 Å². The highest BCUT2D eigenvalue weighted by Crippen LogP contribution is 2.25. The molecule has 3 aromatic rings. The predicted molar refractivity (Wildman–Crippen MR) is 97.2 cm³/mol. The fraction of sp³-hybridized carbons (Fsp3) is 0.222. The molecule has 0 saturated heterocycles. The van der Waals surface area contributed by atoms with Crippen molar-refractivity contribution >= 4 is 39.2 Å². The van der Waals surface area contributed by atoms with Crippen LogP contribution in [0.25, 0.3) is 10.9 Å². The third-order valence-corrected chi connectivity index (χ3v) is 4.67. The van der Waals surface area contributed by atoms with Crippen molar-refractivity contribution < 1.29 is 18.7 Å². The maximum atomic E-state index is 13.6. The van der Waals surface area contributed by atoms with E-state index in [4.69, 9.17) is 4.74 Å². The molecule has 0 bridgehead atoms. The van der Waals surface area contributed by atoms with E-state index in [2.05, 4.69) is 15.3 Å². The van der Waals surface area contributed by atoms with E-state index >= 15 is 0 Å². The lowest BCUT2D eigenvalue weighted by Gasteiger charge is -2.07. The van der Waals surface area contributed by atoms with E-state index in [1.165, 1.54) is 18.2 Å². The van der Waals surface area contributed by atoms with Gasteiger partial charge in [-0.25, -0.2) is 14.2 Å². The molecule has 2 aromatic heterocycles. The van der Waals surface area contributed by atoms with Crippen LogP contribution in [-0.2, 0) is 4.74 Å². The van der Waals surface area contributed by atoms with Crippen LogP contribution in [0.2, 0.25) is 0 Å². The van der Waals surface area contributed by atoms with E-state index in [-0.39, 0.29) is 17.3 Å². The standard InChI is InChI=1S/C18H16FN3O3S/c1-4-25-17(24)15-10(3)21-18(26-15)22-16(23)13-7-9(2)20-14-6-5-11(19)8-12(13)14/h5-8H,4H2,1-3H3,(H,21,22,23). The Kier molecular flexibility index (Phi) is 4.94. The van der Waals surface area contributed by atoms with Gasteiger partial charge in [-0.1, -0.05) is 11.3 Å². The average Bonchev–Trinajstić information content (AvgIpc) is 2.95. The number of carbonyl (C=O) groups excluding carboxylic acids is 2. The first kappa shape index (κ1) is 17.9. The SMILES string of the molecule is CCOC(=O)c1sc(NC(=O)c2cc(C)nc3ccc(F)cc23)nc1C. The van der Waals surface area contributed by atoms with E-state index in [9.17, 15) is 14.0 Å². The maximum Gasteiger partial charge on any atom is 0.350 e. The molecule has 0 aliphatic carbocycles. The molecule has 1 N–H and O–H groups in total. The van der Waals surface area contributed by atoms with Crippen LogP contribution in [0.15, 0.2) is 24.3 Å². The number of thiazole rings is 1. The molecule has 0 spiro atoms. The third-order valence-electron chi connectivity index (χ3n) is 3.62. The number of pyridine rings is 1. The molecule has 0 aliphatic rings. The van der Waals surface area contributed by atoms with Gasteiger partial charge in [-0.05, 0) is 45.0 Å². The fourth-order valence-electron chi connectivity index (χ4n) is 2.52. The summed E-state index contributed by atoms with van der Waals surface area (Å²) in [5.41, 5.74) is 1.93. The van der Waals surface area contributed by atoms with Gasteiger partial charge in [0.15, 0.2) is 5.13 Å². The van der Waals surface area contributed by atoms with Crippen molar-refractivity contribution in [1.29, 1.82) is 0 Å². The Balaban J connectivity index is 1.94. The zero-order chi connectivity index (χ0) is 18.8. The number of hydrogen-bond donors (Lipinski definition) is 1. The Morgan fingerprint density at radius 1 is 1.23 bits per heavy atom. The van der Waals surface area contributed by atoms with Crippen molar-refractivity contribution in [3.05, 3.63) is 51.9 Å². The van der Waals surface area contributed by atoms with Crippen molar-refractivity contribution in [2.45, 2.75) is 20.8 Å². The molecule has 0 radical (unpaired) electrons. The monoisotopic (exact) mass is 373 g/mol. The van der Waals surface area contributed by atoms with E-state index in [0.29, 0.717) is 27.2 Å². The molecule has 0 fully saturated rings. The van der Waals surface area contributed by atoms with Crippen molar-refractivity contribution in [2.24, 2.45) is 0 Å². The Morgan fingerprint density at radius 3 is 2.73 bits per heavy atom. The van der Waals surface area contributed by atoms with Crippen LogP contribution in [0.4, 0.5) is 9.52 Å². The number of fused-ring (bicyclic) bond motifs is 1. The molecule has 6 nitrogen and oxygen atoms in total. The second-order valence-electron chi connectivity index (χ2n) is 5.58. The van der Waals surface area contributed by atoms with Crippen LogP contribution in [0.5, 0.6) is 0 Å². The molecular weight excluding hydrogens is 357 g/mol. The smallest absolute Gasteiger partial charge is 0.350 e. The normalized spacial score (nSPS) is 10.8. The molecule has 2 heterocycles. The highest BCUT2D eigenvalue weighted by molar-refractivity contribution is 7.17. The minimum absolute atomic E-state index is 0.256. The molecule has 26 heavy (non-hydrogen) atoms. The average molecular weight is 373 g/mol. The van der Waals surface area contributed by atoms with Gasteiger partial charge in [-0.3, -0.25) is 15.1 Å². The number of hydrogen-bond acceptors (Lipinski definition) is 6. The van der Waals surface area contributed by atoms with Crippen molar-refractivity contribution in [2.75, 3.05) is 11.9 Å². The number of carbonyl (C=O) groups is 2. The molecule has 1 amide bonds. The second-order valence-corrected chi connectivity index (χ2v) is 6.58. The number of nitrogens with zero attached hydrogens (tertiary/aromatic N) is 2. The molecular formula is C18H16FN3O3S. The van der Waals surface area contributed by atoms with Crippen LogP contribution < -0.4 is 5.32 Å². The zero-order valence-corrected chi connectivity index (χ0v) is 15.2. The number of esters is 1. The topological polar surface area (TPSA) is 81.2 Å². The summed E-state index contributed by atoms with van der Waals surface area (Å²) >= 11 is 1.04. The molecule has 0 atom stereocenters. The van der Waals surface area contributed by atoms with Gasteiger partial charge in [-0.15, -0.1) is 0 Å². The minimum atomic E-state index is -0.477. The van der Waals surface area contributed by atoms with Gasteiger partial charge < -0.3 is 4.74 Å². The summed E-state index contributed by atoms with van der Waals surface area (Å²) in [4.78, 5) is 33.4. The number of halogens is 1. The summed E-state index contributed by atoms with van der Waals surface area (Å²) in [6.07, 6.45) is 0. The van der Waals surface area contributed by atoms with Gasteiger partial charge >= 0.3 is 5.97 Å². The summed E-state index contributed by atoms with van der Waals surface area (Å²) in [5, 5.41) is 3.35. The van der Waals surface area contributed by atoms with Crippen LogP contribution in [-0.4, -0.2) is 28.5 Å². The van der Waals surface area contributed by atoms with Gasteiger partial charge in [0, 0.05) is 11.1 Å². The summed E-state index contributed by atoms with van der Waals surface area (Å²) in [5.74, 6) is -1.38. The molecule has 0 unspecified atom stereocenters. The van der Waals surface area contributed by atoms with E-state index in [1.807, 2.05) is 0 Å². The minimum Gasteiger partial charge on any atom is -0.462 e. The lowest BCUT2D eigenvalue weighted by Crippen LogP contribution is -2.13. The molecule has 1 aromatic carbocycles. The molecule has 8 heteroatoms. The molecule has 134 valence electrons. The predicted octanol–water partition coefficient (Wildman–Crippen LogP) is 3.88. The van der Waals surface area contributed by atoms with Crippen molar-refractivity contribution in [3.8, 4) is 0 Å². The van der Waals surface area contributed by atoms with E-state index in [0.717, 1.165) is 11.3 Å². The quantitative estimate of drug-likeness (QED) is 0.702. The third kappa shape index (κ3) is 3.55. The first-order valence-corrected chi connectivity index (χ1v) is 8.73. The van der Waals surface area contributed by atoms with Crippen LogP contribution >= 0.6 is 11.3 Å². The number of rotatable bonds is 4. The van der Waals surface area contributed by atoms with E-state index < -0.39 is 17.7 Å². The Labute approximate surface area is 153 Å². The number of anilines is 1. The molecule has 3 rings (SSSR count). The first-order chi connectivity index (χ1) is 12.4. The number of ether oxygens (including phenoxy) is 1. The lowest BCUT2D eigenvalue weighted by atomic mass is 10.1. The van der Waals surface area contributed by atoms with Gasteiger partial charge in [0.05, 0.1) is 23.4 Å². The highest BCUT2D eigenvalue weighted by Gasteiger charge is 2.19. The molecule has 0 aliphatic heterocycles. The van der Waals surface area contributed by atoms with Crippen LogP contribution in [0.3, 0.4) is 0 Å². The number of aryl methyl sites for hydroxylation is 2. The maximum absolute atomic E-state index is 13.6. The number of aromatic nitrogens is 2. The Hall–Kier alpha value is -2.87. The second kappa shape index (κ2) is 7.17. The van der Waals surface area contributed by atoms with Gasteiger partial charge in [0.1, 0.15) is 10.7 Å². The number of nitrogens with one attached hydrogen (secondary N) is 1. The summed E-state index contributed by atoms with van der Waals surface area (Å²) in [6, 6.07) is 5.69. The Morgan fingerprint density at radius 2 is 2.00 bits per heavy atom. The van der Waals surface area contributed by atoms with Gasteiger partial charge in [0.2, 0.25) is 0 Å². The van der Waals surface area contributed by atoms with Crippen LogP contribution in [0, 0.1) is 19.7 Å². The van der Waals surface area contributed by atoms with Crippen molar-refractivity contribution in [3.63, 3.8) is 0 Å². The largest absolute Gasteiger partial charge is 0.462 e. The summed E-state index contributed by atoms with van der Waals surface area (Å²) in [7, 11) is 0. The summed E-state index contributed by atoms with van der Waals surface area (Å²) in [6.45, 7) is 5.39. The van der Waals surface area contributed by atoms with E-state index in [1.54, 1.807) is 26.8 Å². The number of benzene rings is 1. The van der Waals surface area contributed by atoms with Crippen molar-refractivity contribution in [1.82, 2.24) is 9.97 Å². The van der Waals surface area contributed by atoms with Crippen LogP contribution in [0.1, 0.15) is 38.3 Å². The summed E-state index contributed by atoms with van der Waals surface area (Å²) < 4.78 is 18.6. The first-order valence-electron chi connectivity index (χ1n) is 7.92. The Bertz CT molecular complexity index is 1020. The highest BCUT2D eigenvalue weighted by atomic mass is 32.1. The number of amides is 1. The zero-order valence-electron chi connectivity index (χ0n) is 14.4.